The van der Waals surface area contributed by atoms with Crippen LogP contribution in [0.1, 0.15) is 37.7 Å². The van der Waals surface area contributed by atoms with Gasteiger partial charge in [0.15, 0.2) is 0 Å². The van der Waals surface area contributed by atoms with Gasteiger partial charge in [0, 0.05) is 6.42 Å². The Bertz CT molecular complexity index is 379. The molecular weight excluding hydrogens is 251 g/mol. The smallest absolute Gasteiger partial charge is 0.145 e. The van der Waals surface area contributed by atoms with Gasteiger partial charge >= 0.3 is 0 Å². The summed E-state index contributed by atoms with van der Waals surface area (Å²) < 4.78 is 13.6. The quantitative estimate of drug-likeness (QED) is 0.544. The summed E-state index contributed by atoms with van der Waals surface area (Å²) in [4.78, 5) is 0. The van der Waals surface area contributed by atoms with Gasteiger partial charge in [-0.2, -0.15) is 0 Å². The largest absolute Gasteiger partial charge is 0.393 e. The summed E-state index contributed by atoms with van der Waals surface area (Å²) in [7, 11) is 0. The maximum Gasteiger partial charge on any atom is 0.145 e. The van der Waals surface area contributed by atoms with E-state index in [1.54, 1.807) is 12.1 Å². The molecule has 0 saturated heterocycles. The Morgan fingerprint density at radius 1 is 1.33 bits per heavy atom. The molecule has 100 valence electrons. The fraction of sp³-hybridized carbons (Fsp3) is 0.467. The lowest BCUT2D eigenvalue weighted by Crippen LogP contribution is -2.11. The molecule has 1 aromatic carbocycles. The number of allylic oxidation sites excluding steroid dienone is 1. The van der Waals surface area contributed by atoms with Crippen LogP contribution in [0.5, 0.6) is 0 Å². The maximum absolute atomic E-state index is 13.6. The standard InChI is InChI=1S/C15H20ClFO/c1-2-3-4-5-6-9-13(18)11-12-8-7-10-14(16)15(12)17/h2,7-8,10,13,18H,1,3-6,9,11H2. The fourth-order valence-electron chi connectivity index (χ4n) is 1.91. The molecule has 0 aliphatic rings. The SMILES string of the molecule is C=CCCCCCC(O)Cc1cccc(Cl)c1F. The number of halogens is 2. The molecule has 0 aliphatic carbocycles. The lowest BCUT2D eigenvalue weighted by atomic mass is 10.0. The highest BCUT2D eigenvalue weighted by Crippen LogP contribution is 2.20. The van der Waals surface area contributed by atoms with Crippen LogP contribution in [0.4, 0.5) is 4.39 Å². The molecule has 1 unspecified atom stereocenters. The summed E-state index contributed by atoms with van der Waals surface area (Å²) in [6, 6.07) is 4.89. The van der Waals surface area contributed by atoms with Crippen molar-refractivity contribution in [3.05, 3.63) is 47.3 Å². The van der Waals surface area contributed by atoms with Gasteiger partial charge in [0.2, 0.25) is 0 Å². The molecule has 3 heteroatoms. The predicted octanol–water partition coefficient (Wildman–Crippen LogP) is 4.52. The molecule has 0 bridgehead atoms. The number of aliphatic hydroxyl groups excluding tert-OH is 1. The van der Waals surface area contributed by atoms with Crippen molar-refractivity contribution in [2.45, 2.75) is 44.6 Å². The number of hydrogen-bond acceptors (Lipinski definition) is 1. The average molecular weight is 271 g/mol. The second-order valence-electron chi connectivity index (χ2n) is 4.50. The van der Waals surface area contributed by atoms with Crippen molar-refractivity contribution in [1.29, 1.82) is 0 Å². The number of rotatable bonds is 8. The van der Waals surface area contributed by atoms with Crippen molar-refractivity contribution in [2.75, 3.05) is 0 Å². The molecule has 1 nitrogen and oxygen atoms in total. The number of unbranched alkanes of at least 4 members (excludes halogenated alkanes) is 3. The minimum atomic E-state index is -0.498. The molecule has 0 fully saturated rings. The van der Waals surface area contributed by atoms with Crippen LogP contribution in [0.2, 0.25) is 5.02 Å². The molecular formula is C15H20ClFO. The molecule has 0 spiro atoms. The first kappa shape index (κ1) is 15.2. The van der Waals surface area contributed by atoms with E-state index in [1.165, 1.54) is 6.07 Å². The summed E-state index contributed by atoms with van der Waals surface area (Å²) in [5.74, 6) is -0.412. The van der Waals surface area contributed by atoms with Gasteiger partial charge in [-0.05, 0) is 30.9 Å². The third kappa shape index (κ3) is 5.19. The van der Waals surface area contributed by atoms with E-state index in [0.717, 1.165) is 25.7 Å². The first-order chi connectivity index (χ1) is 8.65. The van der Waals surface area contributed by atoms with E-state index in [-0.39, 0.29) is 5.02 Å². The summed E-state index contributed by atoms with van der Waals surface area (Å²) >= 11 is 5.69. The zero-order valence-corrected chi connectivity index (χ0v) is 11.3. The van der Waals surface area contributed by atoms with E-state index in [1.807, 2.05) is 6.08 Å². The molecule has 1 aromatic rings. The predicted molar refractivity (Wildman–Crippen MR) is 74.4 cm³/mol. The lowest BCUT2D eigenvalue weighted by Gasteiger charge is -2.11. The molecule has 0 heterocycles. The van der Waals surface area contributed by atoms with Crippen molar-refractivity contribution < 1.29 is 9.50 Å². The van der Waals surface area contributed by atoms with Crippen LogP contribution < -0.4 is 0 Å². The Hall–Kier alpha value is -0.860. The Balaban J connectivity index is 2.33. The molecule has 1 atom stereocenters. The van der Waals surface area contributed by atoms with Crippen molar-refractivity contribution in [2.24, 2.45) is 0 Å². The van der Waals surface area contributed by atoms with E-state index >= 15 is 0 Å². The van der Waals surface area contributed by atoms with Gasteiger partial charge in [0.25, 0.3) is 0 Å². The van der Waals surface area contributed by atoms with Crippen LogP contribution in [0, 0.1) is 5.82 Å². The van der Waals surface area contributed by atoms with Gasteiger partial charge in [0.05, 0.1) is 11.1 Å². The van der Waals surface area contributed by atoms with E-state index in [4.69, 9.17) is 11.6 Å². The highest BCUT2D eigenvalue weighted by molar-refractivity contribution is 6.30. The molecule has 0 aliphatic heterocycles. The van der Waals surface area contributed by atoms with E-state index < -0.39 is 11.9 Å². The lowest BCUT2D eigenvalue weighted by molar-refractivity contribution is 0.160. The molecule has 18 heavy (non-hydrogen) atoms. The van der Waals surface area contributed by atoms with Crippen molar-refractivity contribution >= 4 is 11.6 Å². The minimum absolute atomic E-state index is 0.116. The molecule has 0 amide bonds. The first-order valence-corrected chi connectivity index (χ1v) is 6.74. The second kappa shape index (κ2) is 8.28. The van der Waals surface area contributed by atoms with Crippen molar-refractivity contribution in [1.82, 2.24) is 0 Å². The van der Waals surface area contributed by atoms with Gasteiger partial charge in [-0.3, -0.25) is 0 Å². The van der Waals surface area contributed by atoms with E-state index in [2.05, 4.69) is 6.58 Å². The highest BCUT2D eigenvalue weighted by atomic mass is 35.5. The Labute approximate surface area is 113 Å². The van der Waals surface area contributed by atoms with Gasteiger partial charge in [-0.15, -0.1) is 6.58 Å². The topological polar surface area (TPSA) is 20.2 Å². The van der Waals surface area contributed by atoms with Gasteiger partial charge in [-0.1, -0.05) is 42.7 Å². The number of aliphatic hydroxyl groups is 1. The zero-order valence-electron chi connectivity index (χ0n) is 10.5. The van der Waals surface area contributed by atoms with Crippen molar-refractivity contribution in [3.8, 4) is 0 Å². The fourth-order valence-corrected chi connectivity index (χ4v) is 2.10. The van der Waals surface area contributed by atoms with Crippen LogP contribution in [0.25, 0.3) is 0 Å². The molecule has 0 radical (unpaired) electrons. The highest BCUT2D eigenvalue weighted by Gasteiger charge is 2.11. The Kier molecular flexibility index (Phi) is 6.99. The monoisotopic (exact) mass is 270 g/mol. The third-order valence-electron chi connectivity index (χ3n) is 2.93. The normalized spacial score (nSPS) is 12.4. The second-order valence-corrected chi connectivity index (χ2v) is 4.90. The van der Waals surface area contributed by atoms with Gasteiger partial charge in [-0.25, -0.2) is 4.39 Å². The van der Waals surface area contributed by atoms with Crippen LogP contribution in [-0.4, -0.2) is 11.2 Å². The maximum atomic E-state index is 13.6. The molecule has 0 saturated carbocycles. The van der Waals surface area contributed by atoms with Crippen molar-refractivity contribution in [3.63, 3.8) is 0 Å². The molecule has 1 N–H and O–H groups in total. The summed E-state index contributed by atoms with van der Waals surface area (Å²) in [5, 5.41) is 9.96. The van der Waals surface area contributed by atoms with Gasteiger partial charge < -0.3 is 5.11 Å². The summed E-state index contributed by atoms with van der Waals surface area (Å²) in [6.07, 6.45) is 6.56. The minimum Gasteiger partial charge on any atom is -0.393 e. The Morgan fingerprint density at radius 3 is 2.83 bits per heavy atom. The summed E-state index contributed by atoms with van der Waals surface area (Å²) in [6.45, 7) is 3.66. The first-order valence-electron chi connectivity index (χ1n) is 6.37. The summed E-state index contributed by atoms with van der Waals surface area (Å²) in [5.41, 5.74) is 0.487. The average Bonchev–Trinajstić information content (AvgIpc) is 2.35. The zero-order chi connectivity index (χ0) is 13.4. The van der Waals surface area contributed by atoms with Crippen LogP contribution in [0.3, 0.4) is 0 Å². The molecule has 0 aromatic heterocycles. The number of hydrogen-bond donors (Lipinski definition) is 1. The van der Waals surface area contributed by atoms with Crippen LogP contribution >= 0.6 is 11.6 Å². The third-order valence-corrected chi connectivity index (χ3v) is 3.22. The van der Waals surface area contributed by atoms with Crippen LogP contribution in [-0.2, 0) is 6.42 Å². The number of benzene rings is 1. The Morgan fingerprint density at radius 2 is 2.11 bits per heavy atom. The van der Waals surface area contributed by atoms with Gasteiger partial charge in [0.1, 0.15) is 5.82 Å². The molecule has 1 rings (SSSR count). The van der Waals surface area contributed by atoms with E-state index in [0.29, 0.717) is 18.4 Å². The van der Waals surface area contributed by atoms with Crippen LogP contribution in [0.15, 0.2) is 30.9 Å². The van der Waals surface area contributed by atoms with E-state index in [9.17, 15) is 9.50 Å².